The number of aromatic nitrogens is 1. The van der Waals surface area contributed by atoms with Crippen molar-refractivity contribution in [1.82, 2.24) is 4.98 Å². The Morgan fingerprint density at radius 2 is 2.33 bits per heavy atom. The molecule has 0 aliphatic rings. The molecule has 0 atom stereocenters. The first-order valence-corrected chi connectivity index (χ1v) is 4.04. The smallest absolute Gasteiger partial charge is 0.228 e. The van der Waals surface area contributed by atoms with Crippen molar-refractivity contribution in [3.63, 3.8) is 0 Å². The summed E-state index contributed by atoms with van der Waals surface area (Å²) < 4.78 is 5.94. The highest BCUT2D eigenvalue weighted by molar-refractivity contribution is 9.10. The molecule has 0 fully saturated rings. The van der Waals surface area contributed by atoms with Gasteiger partial charge >= 0.3 is 0 Å². The molecule has 4 heteroatoms. The van der Waals surface area contributed by atoms with Crippen LogP contribution in [-0.4, -0.2) is 4.98 Å². The zero-order valence-electron chi connectivity index (χ0n) is 5.91. The van der Waals surface area contributed by atoms with E-state index in [0.717, 1.165) is 9.86 Å². The van der Waals surface area contributed by atoms with E-state index in [2.05, 4.69) is 20.9 Å². The monoisotopic (exact) mass is 222 g/mol. The number of nitriles is 1. The van der Waals surface area contributed by atoms with Gasteiger partial charge in [-0.1, -0.05) is 0 Å². The summed E-state index contributed by atoms with van der Waals surface area (Å²) in [5.74, 6) is 0. The number of hydrogen-bond acceptors (Lipinski definition) is 3. The fraction of sp³-hybridized carbons (Fsp3) is 0. The summed E-state index contributed by atoms with van der Waals surface area (Å²) in [7, 11) is 0. The van der Waals surface area contributed by atoms with Crippen molar-refractivity contribution in [1.29, 1.82) is 5.26 Å². The van der Waals surface area contributed by atoms with Crippen LogP contribution in [0.2, 0.25) is 0 Å². The third-order valence-electron chi connectivity index (χ3n) is 1.51. The highest BCUT2D eigenvalue weighted by atomic mass is 79.9. The summed E-state index contributed by atoms with van der Waals surface area (Å²) in [5.41, 5.74) is 0.852. The molecule has 0 saturated heterocycles. The maximum absolute atomic E-state index is 8.54. The van der Waals surface area contributed by atoms with Gasteiger partial charge in [0.1, 0.15) is 18.0 Å². The van der Waals surface area contributed by atoms with E-state index in [1.807, 2.05) is 6.07 Å². The third kappa shape index (κ3) is 0.990. The topological polar surface area (TPSA) is 49.8 Å². The zero-order valence-corrected chi connectivity index (χ0v) is 7.50. The molecule has 0 unspecified atom stereocenters. The Bertz CT molecular complexity index is 469. The van der Waals surface area contributed by atoms with Crippen LogP contribution in [0.15, 0.2) is 27.3 Å². The van der Waals surface area contributed by atoms with E-state index in [1.54, 1.807) is 18.4 Å². The largest absolute Gasteiger partial charge is 0.445 e. The SMILES string of the molecule is N#Cc1ccc2c(Br)coc2n1. The molecule has 0 radical (unpaired) electrons. The molecule has 0 amide bonds. The van der Waals surface area contributed by atoms with E-state index < -0.39 is 0 Å². The van der Waals surface area contributed by atoms with Gasteiger partial charge in [-0.25, -0.2) is 4.98 Å². The second kappa shape index (κ2) is 2.61. The Balaban J connectivity index is 2.80. The van der Waals surface area contributed by atoms with E-state index in [4.69, 9.17) is 9.68 Å². The summed E-state index contributed by atoms with van der Waals surface area (Å²) >= 11 is 3.30. The van der Waals surface area contributed by atoms with E-state index in [-0.39, 0.29) is 0 Å². The molecule has 2 heterocycles. The lowest BCUT2D eigenvalue weighted by atomic mass is 10.3. The lowest BCUT2D eigenvalue weighted by Crippen LogP contribution is -1.79. The number of fused-ring (bicyclic) bond motifs is 1. The quantitative estimate of drug-likeness (QED) is 0.689. The van der Waals surface area contributed by atoms with Crippen molar-refractivity contribution in [2.45, 2.75) is 0 Å². The van der Waals surface area contributed by atoms with Gasteiger partial charge in [0.25, 0.3) is 0 Å². The molecule has 2 aromatic heterocycles. The van der Waals surface area contributed by atoms with Gasteiger partial charge in [-0.15, -0.1) is 0 Å². The molecule has 0 N–H and O–H groups in total. The van der Waals surface area contributed by atoms with Crippen LogP contribution in [0.4, 0.5) is 0 Å². The molecule has 0 bridgehead atoms. The molecule has 0 aromatic carbocycles. The van der Waals surface area contributed by atoms with Crippen molar-refractivity contribution >= 4 is 27.0 Å². The number of halogens is 1. The fourth-order valence-corrected chi connectivity index (χ4v) is 1.34. The number of furan rings is 1. The Labute approximate surface area is 76.8 Å². The molecular formula is C8H3BrN2O. The summed E-state index contributed by atoms with van der Waals surface area (Å²) in [5, 5.41) is 9.42. The normalized spacial score (nSPS) is 10.0. The van der Waals surface area contributed by atoms with Crippen LogP contribution in [0, 0.1) is 11.3 Å². The molecule has 12 heavy (non-hydrogen) atoms. The van der Waals surface area contributed by atoms with Crippen LogP contribution >= 0.6 is 15.9 Å². The van der Waals surface area contributed by atoms with Gasteiger partial charge in [0, 0.05) is 0 Å². The van der Waals surface area contributed by atoms with Crippen LogP contribution in [0.1, 0.15) is 5.69 Å². The van der Waals surface area contributed by atoms with Crippen molar-refractivity contribution in [3.8, 4) is 6.07 Å². The minimum atomic E-state index is 0.365. The summed E-state index contributed by atoms with van der Waals surface area (Å²) in [6.45, 7) is 0. The molecule has 0 spiro atoms. The second-order valence-corrected chi connectivity index (χ2v) is 3.10. The molecule has 0 saturated carbocycles. The highest BCUT2D eigenvalue weighted by Crippen LogP contribution is 2.24. The zero-order chi connectivity index (χ0) is 8.55. The third-order valence-corrected chi connectivity index (χ3v) is 2.12. The summed E-state index contributed by atoms with van der Waals surface area (Å²) in [6.07, 6.45) is 1.55. The van der Waals surface area contributed by atoms with Gasteiger partial charge in [0.15, 0.2) is 0 Å². The van der Waals surface area contributed by atoms with Crippen LogP contribution in [0.3, 0.4) is 0 Å². The predicted octanol–water partition coefficient (Wildman–Crippen LogP) is 2.46. The van der Waals surface area contributed by atoms with Gasteiger partial charge in [0.2, 0.25) is 5.71 Å². The van der Waals surface area contributed by atoms with Gasteiger partial charge in [-0.05, 0) is 28.1 Å². The molecule has 2 rings (SSSR count). The molecule has 0 aliphatic heterocycles. The highest BCUT2D eigenvalue weighted by Gasteiger charge is 2.04. The standard InChI is InChI=1S/C8H3BrN2O/c9-7-4-12-8-6(7)2-1-5(3-10)11-8/h1-2,4H. The van der Waals surface area contributed by atoms with E-state index >= 15 is 0 Å². The number of pyridine rings is 1. The number of hydrogen-bond donors (Lipinski definition) is 0. The second-order valence-electron chi connectivity index (χ2n) is 2.24. The van der Waals surface area contributed by atoms with Gasteiger partial charge < -0.3 is 4.42 Å². The van der Waals surface area contributed by atoms with Crippen molar-refractivity contribution < 1.29 is 4.42 Å². The van der Waals surface area contributed by atoms with Crippen LogP contribution in [-0.2, 0) is 0 Å². The molecular weight excluding hydrogens is 220 g/mol. The molecule has 58 valence electrons. The molecule has 2 aromatic rings. The summed E-state index contributed by atoms with van der Waals surface area (Å²) in [6, 6.07) is 5.40. The van der Waals surface area contributed by atoms with Crippen molar-refractivity contribution in [2.75, 3.05) is 0 Å². The van der Waals surface area contributed by atoms with Crippen molar-refractivity contribution in [3.05, 3.63) is 28.6 Å². The van der Waals surface area contributed by atoms with Crippen LogP contribution < -0.4 is 0 Å². The van der Waals surface area contributed by atoms with Gasteiger partial charge in [-0.2, -0.15) is 5.26 Å². The van der Waals surface area contributed by atoms with E-state index in [1.165, 1.54) is 0 Å². The maximum atomic E-state index is 8.54. The molecule has 3 nitrogen and oxygen atoms in total. The predicted molar refractivity (Wildman–Crippen MR) is 46.4 cm³/mol. The van der Waals surface area contributed by atoms with E-state index in [9.17, 15) is 0 Å². The van der Waals surface area contributed by atoms with Gasteiger partial charge in [-0.3, -0.25) is 0 Å². The van der Waals surface area contributed by atoms with E-state index in [0.29, 0.717) is 11.4 Å². The number of rotatable bonds is 0. The summed E-state index contributed by atoms with van der Waals surface area (Å²) in [4.78, 5) is 3.96. The minimum absolute atomic E-state index is 0.365. The fourth-order valence-electron chi connectivity index (χ4n) is 0.945. The Morgan fingerprint density at radius 3 is 3.08 bits per heavy atom. The average Bonchev–Trinajstić information content (AvgIpc) is 2.47. The van der Waals surface area contributed by atoms with Crippen LogP contribution in [0.5, 0.6) is 0 Å². The maximum Gasteiger partial charge on any atom is 0.228 e. The minimum Gasteiger partial charge on any atom is -0.445 e. The first-order valence-electron chi connectivity index (χ1n) is 3.25. The number of nitrogens with zero attached hydrogens (tertiary/aromatic N) is 2. The Morgan fingerprint density at radius 1 is 1.50 bits per heavy atom. The average molecular weight is 223 g/mol. The van der Waals surface area contributed by atoms with Crippen molar-refractivity contribution in [2.24, 2.45) is 0 Å². The first kappa shape index (κ1) is 7.32. The first-order chi connectivity index (χ1) is 5.81. The molecule has 0 aliphatic carbocycles. The lowest BCUT2D eigenvalue weighted by molar-refractivity contribution is 0.601. The van der Waals surface area contributed by atoms with Gasteiger partial charge in [0.05, 0.1) is 9.86 Å². The van der Waals surface area contributed by atoms with Crippen LogP contribution in [0.25, 0.3) is 11.1 Å². The lowest BCUT2D eigenvalue weighted by Gasteiger charge is -1.87. The Kier molecular flexibility index (Phi) is 1.59. The Hall–Kier alpha value is -1.34.